The number of methoxy groups -OCH3 is 1. The van der Waals surface area contributed by atoms with Crippen LogP contribution >= 0.6 is 0 Å². The molecule has 0 spiro atoms. The predicted octanol–water partition coefficient (Wildman–Crippen LogP) is 5.99. The second-order valence-corrected chi connectivity index (χ2v) is 9.59. The molecule has 0 N–H and O–H groups in total. The fraction of sp³-hybridized carbons (Fsp3) is 0.909. The van der Waals surface area contributed by atoms with Gasteiger partial charge >= 0.3 is 0 Å². The minimum absolute atomic E-state index is 0.482. The van der Waals surface area contributed by atoms with Gasteiger partial charge in [0.2, 0.25) is 0 Å². The Morgan fingerprint density at radius 2 is 1.91 bits per heavy atom. The van der Waals surface area contributed by atoms with Gasteiger partial charge in [0.05, 0.1) is 6.10 Å². The number of rotatable bonds is 2. The van der Waals surface area contributed by atoms with Crippen molar-refractivity contribution >= 4 is 0 Å². The van der Waals surface area contributed by atoms with Crippen molar-refractivity contribution < 1.29 is 4.74 Å². The molecule has 3 fully saturated rings. The molecule has 4 rings (SSSR count). The third-order valence-electron chi connectivity index (χ3n) is 9.08. The van der Waals surface area contributed by atoms with Gasteiger partial charge in [-0.1, -0.05) is 38.8 Å². The second-order valence-electron chi connectivity index (χ2n) is 9.59. The molecule has 1 nitrogen and oxygen atoms in total. The van der Waals surface area contributed by atoms with Gasteiger partial charge in [0.25, 0.3) is 0 Å². The highest BCUT2D eigenvalue weighted by atomic mass is 16.5. The summed E-state index contributed by atoms with van der Waals surface area (Å²) in [4.78, 5) is 0. The van der Waals surface area contributed by atoms with E-state index in [1.165, 1.54) is 57.8 Å². The Morgan fingerprint density at radius 3 is 2.65 bits per heavy atom. The molecule has 0 saturated heterocycles. The highest BCUT2D eigenvalue weighted by molar-refractivity contribution is 5.25. The molecule has 1 heteroatoms. The minimum Gasteiger partial charge on any atom is -0.381 e. The van der Waals surface area contributed by atoms with Crippen molar-refractivity contribution in [3.63, 3.8) is 0 Å². The molecule has 0 heterocycles. The van der Waals surface area contributed by atoms with Crippen molar-refractivity contribution in [2.45, 2.75) is 84.7 Å². The molecule has 130 valence electrons. The number of hydrogen-bond acceptors (Lipinski definition) is 1. The summed E-state index contributed by atoms with van der Waals surface area (Å²) >= 11 is 0. The minimum atomic E-state index is 0.482. The first-order valence-corrected chi connectivity index (χ1v) is 10.2. The van der Waals surface area contributed by atoms with Gasteiger partial charge in [-0.3, -0.25) is 0 Å². The molecule has 0 aliphatic heterocycles. The largest absolute Gasteiger partial charge is 0.381 e. The Bertz CT molecular complexity index is 494. The molecule has 7 atom stereocenters. The summed E-state index contributed by atoms with van der Waals surface area (Å²) in [5, 5.41) is 0. The number of allylic oxidation sites excluding steroid dienone is 1. The van der Waals surface area contributed by atoms with E-state index in [4.69, 9.17) is 4.74 Å². The standard InChI is InChI=1S/C22H36O/c1-5-15-7-9-19-18-8-6-16-14-17(23-4)10-12-22(16,3)20(18)11-13-21(15,19)2/h6,15,17-20H,5,7-14H2,1-4H3/t15?,17-,18?,19?,20?,21?,22?/m0/s1. The van der Waals surface area contributed by atoms with Crippen LogP contribution in [0.1, 0.15) is 78.6 Å². The van der Waals surface area contributed by atoms with Gasteiger partial charge in [-0.15, -0.1) is 0 Å². The van der Waals surface area contributed by atoms with Gasteiger partial charge in [-0.05, 0) is 85.9 Å². The predicted molar refractivity (Wildman–Crippen MR) is 96.3 cm³/mol. The highest BCUT2D eigenvalue weighted by Crippen LogP contribution is 2.66. The molecule has 4 aliphatic rings. The smallest absolute Gasteiger partial charge is 0.0608 e. The Labute approximate surface area is 143 Å². The molecule has 3 saturated carbocycles. The Balaban J connectivity index is 1.63. The van der Waals surface area contributed by atoms with E-state index < -0.39 is 0 Å². The number of fused-ring (bicyclic) bond motifs is 5. The summed E-state index contributed by atoms with van der Waals surface area (Å²) in [7, 11) is 1.90. The van der Waals surface area contributed by atoms with Crippen LogP contribution in [0.2, 0.25) is 0 Å². The van der Waals surface area contributed by atoms with Crippen LogP contribution in [0.15, 0.2) is 11.6 Å². The fourth-order valence-corrected chi connectivity index (χ4v) is 7.61. The summed E-state index contributed by atoms with van der Waals surface area (Å²) in [6, 6.07) is 0. The van der Waals surface area contributed by atoms with Crippen molar-refractivity contribution in [3.05, 3.63) is 11.6 Å². The maximum absolute atomic E-state index is 5.69. The molecule has 4 aliphatic carbocycles. The van der Waals surface area contributed by atoms with E-state index in [1.807, 2.05) is 7.11 Å². The van der Waals surface area contributed by atoms with Crippen LogP contribution in [-0.2, 0) is 4.74 Å². The molecular weight excluding hydrogens is 280 g/mol. The summed E-state index contributed by atoms with van der Waals surface area (Å²) in [5.74, 6) is 3.92. The van der Waals surface area contributed by atoms with Gasteiger partial charge in [0.15, 0.2) is 0 Å². The van der Waals surface area contributed by atoms with Crippen molar-refractivity contribution in [1.82, 2.24) is 0 Å². The zero-order chi connectivity index (χ0) is 16.2. The van der Waals surface area contributed by atoms with Crippen LogP contribution in [0, 0.1) is 34.5 Å². The number of ether oxygens (including phenoxy) is 1. The van der Waals surface area contributed by atoms with Gasteiger partial charge in [0.1, 0.15) is 0 Å². The Hall–Kier alpha value is -0.300. The summed E-state index contributed by atoms with van der Waals surface area (Å²) in [6.07, 6.45) is 15.7. The lowest BCUT2D eigenvalue weighted by Gasteiger charge is -2.58. The lowest BCUT2D eigenvalue weighted by molar-refractivity contribution is -0.0535. The topological polar surface area (TPSA) is 9.23 Å². The van der Waals surface area contributed by atoms with Gasteiger partial charge < -0.3 is 4.74 Å². The zero-order valence-electron chi connectivity index (χ0n) is 15.7. The summed E-state index contributed by atoms with van der Waals surface area (Å²) < 4.78 is 5.69. The van der Waals surface area contributed by atoms with Gasteiger partial charge in [0, 0.05) is 7.11 Å². The first-order chi connectivity index (χ1) is 11.0. The molecule has 0 aromatic carbocycles. The van der Waals surface area contributed by atoms with Gasteiger partial charge in [-0.25, -0.2) is 0 Å². The molecule has 6 unspecified atom stereocenters. The fourth-order valence-electron chi connectivity index (χ4n) is 7.61. The zero-order valence-corrected chi connectivity index (χ0v) is 15.7. The van der Waals surface area contributed by atoms with E-state index in [-0.39, 0.29) is 0 Å². The van der Waals surface area contributed by atoms with Crippen LogP contribution in [0.4, 0.5) is 0 Å². The van der Waals surface area contributed by atoms with Crippen molar-refractivity contribution in [2.24, 2.45) is 34.5 Å². The van der Waals surface area contributed by atoms with Crippen LogP contribution in [0.25, 0.3) is 0 Å². The van der Waals surface area contributed by atoms with Crippen molar-refractivity contribution in [1.29, 1.82) is 0 Å². The van der Waals surface area contributed by atoms with E-state index in [9.17, 15) is 0 Å². The monoisotopic (exact) mass is 316 g/mol. The third-order valence-corrected chi connectivity index (χ3v) is 9.08. The van der Waals surface area contributed by atoms with Crippen LogP contribution in [0.5, 0.6) is 0 Å². The molecule has 0 bridgehead atoms. The van der Waals surface area contributed by atoms with Crippen molar-refractivity contribution in [3.8, 4) is 0 Å². The summed E-state index contributed by atoms with van der Waals surface area (Å²) in [6.45, 7) is 7.69. The maximum atomic E-state index is 5.69. The van der Waals surface area contributed by atoms with Crippen LogP contribution in [0.3, 0.4) is 0 Å². The quantitative estimate of drug-likeness (QED) is 0.568. The molecule has 0 radical (unpaired) electrons. The Morgan fingerprint density at radius 1 is 1.09 bits per heavy atom. The highest BCUT2D eigenvalue weighted by Gasteiger charge is 2.58. The maximum Gasteiger partial charge on any atom is 0.0608 e. The molecule has 0 aromatic heterocycles. The molecule has 0 aromatic rings. The van der Waals surface area contributed by atoms with E-state index in [0.717, 1.165) is 23.7 Å². The first-order valence-electron chi connectivity index (χ1n) is 10.2. The number of hydrogen-bond donors (Lipinski definition) is 0. The third kappa shape index (κ3) is 2.21. The SMILES string of the molecule is CCC1CCC2C3CC=C4C[C@@H](OC)CCC4(C)C3CCC12C. The molecular formula is C22H36O. The average Bonchev–Trinajstić information content (AvgIpc) is 2.90. The lowest BCUT2D eigenvalue weighted by atomic mass is 9.47. The van der Waals surface area contributed by atoms with E-state index in [1.54, 1.807) is 5.57 Å². The summed E-state index contributed by atoms with van der Waals surface area (Å²) in [5.41, 5.74) is 2.90. The van der Waals surface area contributed by atoms with E-state index in [0.29, 0.717) is 16.9 Å². The van der Waals surface area contributed by atoms with Gasteiger partial charge in [-0.2, -0.15) is 0 Å². The van der Waals surface area contributed by atoms with Crippen LogP contribution < -0.4 is 0 Å². The second kappa shape index (κ2) is 5.61. The first kappa shape index (κ1) is 16.2. The van der Waals surface area contributed by atoms with E-state index in [2.05, 4.69) is 26.8 Å². The van der Waals surface area contributed by atoms with Crippen molar-refractivity contribution in [2.75, 3.05) is 7.11 Å². The van der Waals surface area contributed by atoms with Crippen LogP contribution in [-0.4, -0.2) is 13.2 Å². The van der Waals surface area contributed by atoms with E-state index >= 15 is 0 Å². The molecule has 0 amide bonds. The molecule has 23 heavy (non-hydrogen) atoms. The Kier molecular flexibility index (Phi) is 3.95. The normalized spacial score (nSPS) is 52.3. The average molecular weight is 317 g/mol. The lowest BCUT2D eigenvalue weighted by Crippen LogP contribution is -2.50.